The van der Waals surface area contributed by atoms with Gasteiger partial charge in [-0.3, -0.25) is 9.59 Å². The molecule has 1 amide bonds. The Morgan fingerprint density at radius 2 is 1.97 bits per heavy atom. The number of hydrogen-bond acceptors (Lipinski definition) is 5. The van der Waals surface area contributed by atoms with Crippen LogP contribution in [0.4, 0.5) is 5.95 Å². The highest BCUT2D eigenvalue weighted by Crippen LogP contribution is 2.31. The van der Waals surface area contributed by atoms with Crippen molar-refractivity contribution in [2.75, 3.05) is 32.1 Å². The van der Waals surface area contributed by atoms with Crippen LogP contribution in [0.25, 0.3) is 21.9 Å². The quantitative estimate of drug-likeness (QED) is 0.436. The molecule has 1 atom stereocenters. The second-order valence-electron chi connectivity index (χ2n) is 9.43. The maximum Gasteiger partial charge on any atom is 0.277 e. The van der Waals surface area contributed by atoms with Crippen molar-refractivity contribution in [1.29, 1.82) is 0 Å². The molecule has 1 saturated heterocycles. The fraction of sp³-hybridized carbons (Fsp3) is 0.346. The normalized spacial score (nSPS) is 15.8. The van der Waals surface area contributed by atoms with Gasteiger partial charge in [0, 0.05) is 56.2 Å². The number of imidazole rings is 1. The van der Waals surface area contributed by atoms with E-state index < -0.39 is 0 Å². The van der Waals surface area contributed by atoms with Crippen molar-refractivity contribution < 1.29 is 4.79 Å². The summed E-state index contributed by atoms with van der Waals surface area (Å²) < 4.78 is 3.58. The molecule has 4 aromatic rings. The Morgan fingerprint density at radius 3 is 2.67 bits per heavy atom. The molecule has 10 heteroatoms. The van der Waals surface area contributed by atoms with Crippen LogP contribution in [0.3, 0.4) is 0 Å². The van der Waals surface area contributed by atoms with Crippen molar-refractivity contribution in [2.45, 2.75) is 25.4 Å². The number of hydrogen-bond donors (Lipinski definition) is 1. The molecule has 190 valence electrons. The zero-order valence-electron chi connectivity index (χ0n) is 20.6. The van der Waals surface area contributed by atoms with Crippen molar-refractivity contribution in [2.24, 2.45) is 12.8 Å². The van der Waals surface area contributed by atoms with Crippen LogP contribution in [-0.2, 0) is 13.6 Å². The van der Waals surface area contributed by atoms with E-state index in [1.165, 1.54) is 4.90 Å². The van der Waals surface area contributed by atoms with Gasteiger partial charge in [0.05, 0.1) is 12.1 Å². The smallest absolute Gasteiger partial charge is 0.277 e. The van der Waals surface area contributed by atoms with Crippen molar-refractivity contribution in [1.82, 2.24) is 19.0 Å². The summed E-state index contributed by atoms with van der Waals surface area (Å²) in [5.41, 5.74) is 9.39. The molecule has 0 spiro atoms. The Bertz CT molecular complexity index is 1510. The van der Waals surface area contributed by atoms with Crippen LogP contribution in [0.1, 0.15) is 28.8 Å². The summed E-state index contributed by atoms with van der Waals surface area (Å²) in [7, 11) is 5.19. The zero-order chi connectivity index (χ0) is 24.9. The molecule has 36 heavy (non-hydrogen) atoms. The topological polar surface area (TPSA) is 89.4 Å². The molecule has 1 aliphatic heterocycles. The highest BCUT2D eigenvalue weighted by molar-refractivity contribution is 6.31. The number of piperidine rings is 1. The van der Waals surface area contributed by atoms with Gasteiger partial charge < -0.3 is 24.7 Å². The predicted octanol–water partition coefficient (Wildman–Crippen LogP) is 3.64. The predicted molar refractivity (Wildman–Crippen MR) is 148 cm³/mol. The SMILES string of the molecule is CN(C)C(=O)c1ccc2c(c1)c1nc(N3CCC[C@@H](N)C3)n(Cc3ccccc3Cl)c1c(=O)n2C.Cl. The summed E-state index contributed by atoms with van der Waals surface area (Å²) in [4.78, 5) is 35.1. The standard InChI is InChI=1S/C26H29ClN6O2.ClH/c1-30(2)24(34)16-10-11-21-19(13-16)22-23(25(35)31(21)3)33(14-17-7-4-5-9-20(17)27)26(29-22)32-12-6-8-18(28)15-32;/h4-5,7,9-11,13,18H,6,8,12,14-15,28H2,1-3H3;1H/t18-;/m1./s1. The average Bonchev–Trinajstić information content (AvgIpc) is 3.22. The van der Waals surface area contributed by atoms with Crippen molar-refractivity contribution in [3.8, 4) is 0 Å². The number of fused-ring (bicyclic) bond motifs is 3. The molecule has 0 bridgehead atoms. The van der Waals surface area contributed by atoms with E-state index in [2.05, 4.69) is 4.90 Å². The van der Waals surface area contributed by atoms with Crippen LogP contribution in [0, 0.1) is 0 Å². The van der Waals surface area contributed by atoms with Crippen LogP contribution in [0.5, 0.6) is 0 Å². The highest BCUT2D eigenvalue weighted by atomic mass is 35.5. The van der Waals surface area contributed by atoms with Crippen molar-refractivity contribution in [3.05, 3.63) is 69.0 Å². The first-order valence-electron chi connectivity index (χ1n) is 11.7. The second-order valence-corrected chi connectivity index (χ2v) is 9.84. The lowest BCUT2D eigenvalue weighted by molar-refractivity contribution is 0.0828. The Kier molecular flexibility index (Phi) is 7.31. The Balaban J connectivity index is 0.00000304. The number of carbonyl (C=O) groups excluding carboxylic acids is 1. The van der Waals surface area contributed by atoms with Gasteiger partial charge in [0.2, 0.25) is 5.95 Å². The number of anilines is 1. The number of aromatic nitrogens is 3. The zero-order valence-corrected chi connectivity index (χ0v) is 22.1. The molecule has 0 unspecified atom stereocenters. The third-order valence-corrected chi connectivity index (χ3v) is 7.12. The van der Waals surface area contributed by atoms with E-state index in [1.54, 1.807) is 31.8 Å². The van der Waals surface area contributed by atoms with Gasteiger partial charge in [0.1, 0.15) is 11.0 Å². The van der Waals surface area contributed by atoms with E-state index in [4.69, 9.17) is 22.3 Å². The molecule has 5 rings (SSSR count). The summed E-state index contributed by atoms with van der Waals surface area (Å²) in [6.07, 6.45) is 1.92. The third-order valence-electron chi connectivity index (χ3n) is 6.75. The van der Waals surface area contributed by atoms with E-state index in [0.717, 1.165) is 35.9 Å². The van der Waals surface area contributed by atoms with E-state index in [9.17, 15) is 9.59 Å². The Hall–Kier alpha value is -3.07. The fourth-order valence-corrected chi connectivity index (χ4v) is 5.10. The van der Waals surface area contributed by atoms with E-state index >= 15 is 0 Å². The lowest BCUT2D eigenvalue weighted by atomic mass is 10.1. The highest BCUT2D eigenvalue weighted by Gasteiger charge is 2.26. The molecule has 0 radical (unpaired) electrons. The molecular formula is C26H30Cl2N6O2. The number of rotatable bonds is 4. The van der Waals surface area contributed by atoms with Gasteiger partial charge in [-0.2, -0.15) is 0 Å². The van der Waals surface area contributed by atoms with Gasteiger partial charge in [-0.15, -0.1) is 12.4 Å². The van der Waals surface area contributed by atoms with Gasteiger partial charge in [-0.05, 0) is 42.7 Å². The minimum absolute atomic E-state index is 0. The van der Waals surface area contributed by atoms with Crippen LogP contribution >= 0.6 is 24.0 Å². The van der Waals surface area contributed by atoms with E-state index in [-0.39, 0.29) is 29.9 Å². The number of aryl methyl sites for hydroxylation is 1. The summed E-state index contributed by atoms with van der Waals surface area (Å²) >= 11 is 6.51. The molecular weight excluding hydrogens is 499 g/mol. The summed E-state index contributed by atoms with van der Waals surface area (Å²) in [5.74, 6) is 0.593. The first-order valence-corrected chi connectivity index (χ1v) is 12.1. The van der Waals surface area contributed by atoms with Gasteiger partial charge in [-0.1, -0.05) is 29.8 Å². The van der Waals surface area contributed by atoms with Crippen molar-refractivity contribution in [3.63, 3.8) is 0 Å². The first-order chi connectivity index (χ1) is 16.8. The Morgan fingerprint density at radius 1 is 1.22 bits per heavy atom. The van der Waals surface area contributed by atoms with E-state index in [0.29, 0.717) is 40.7 Å². The lowest BCUT2D eigenvalue weighted by Crippen LogP contribution is -2.44. The number of carbonyl (C=O) groups is 1. The molecule has 0 aliphatic carbocycles. The third kappa shape index (κ3) is 4.45. The van der Waals surface area contributed by atoms with Crippen LogP contribution in [-0.4, -0.2) is 58.2 Å². The number of halogens is 2. The molecule has 8 nitrogen and oxygen atoms in total. The number of benzene rings is 2. The minimum atomic E-state index is -0.147. The molecule has 2 N–H and O–H groups in total. The number of nitrogens with two attached hydrogens (primary N) is 1. The second kappa shape index (κ2) is 10.1. The van der Waals surface area contributed by atoms with Gasteiger partial charge in [0.25, 0.3) is 11.5 Å². The van der Waals surface area contributed by atoms with E-state index in [1.807, 2.05) is 41.0 Å². The van der Waals surface area contributed by atoms with Crippen LogP contribution < -0.4 is 16.2 Å². The molecule has 1 fully saturated rings. The van der Waals surface area contributed by atoms with Gasteiger partial charge in [-0.25, -0.2) is 4.98 Å². The summed E-state index contributed by atoms with van der Waals surface area (Å²) in [6.45, 7) is 1.87. The minimum Gasteiger partial charge on any atom is -0.345 e. The number of amides is 1. The molecule has 2 aromatic carbocycles. The lowest BCUT2D eigenvalue weighted by Gasteiger charge is -2.32. The van der Waals surface area contributed by atoms with Crippen LogP contribution in [0.15, 0.2) is 47.3 Å². The number of nitrogens with zero attached hydrogens (tertiary/aromatic N) is 5. The maximum atomic E-state index is 13.7. The molecule has 2 aromatic heterocycles. The van der Waals surface area contributed by atoms with Gasteiger partial charge in [0.15, 0.2) is 0 Å². The number of pyridine rings is 1. The molecule has 1 aliphatic rings. The monoisotopic (exact) mass is 528 g/mol. The summed E-state index contributed by atoms with van der Waals surface area (Å²) in [5, 5.41) is 1.39. The van der Waals surface area contributed by atoms with Gasteiger partial charge >= 0.3 is 0 Å². The molecule has 0 saturated carbocycles. The van der Waals surface area contributed by atoms with Crippen molar-refractivity contribution >= 4 is 57.8 Å². The van der Waals surface area contributed by atoms with Crippen LogP contribution in [0.2, 0.25) is 5.02 Å². The average molecular weight is 529 g/mol. The summed E-state index contributed by atoms with van der Waals surface area (Å²) in [6, 6.07) is 13.1. The Labute approximate surface area is 220 Å². The first kappa shape index (κ1) is 26.0. The fourth-order valence-electron chi connectivity index (χ4n) is 4.90. The maximum absolute atomic E-state index is 13.7. The largest absolute Gasteiger partial charge is 0.345 e. The molecule has 3 heterocycles.